The number of piperidine rings is 1. The van der Waals surface area contributed by atoms with Gasteiger partial charge in [-0.2, -0.15) is 0 Å². The largest absolute Gasteiger partial charge is 0.409 e. The number of likely N-dealkylation sites (tertiary alicyclic amines) is 1. The standard InChI is InChI=1S/C13H17N3O2/c14-12(15-18)11-8-4-5-9-16(11)13(17)10-6-2-1-3-7-10/h1-3,6-7,11,18H,4-5,8-9H2,(H2,14,15). The maximum absolute atomic E-state index is 12.4. The van der Waals surface area contributed by atoms with Crippen LogP contribution in [0.3, 0.4) is 0 Å². The summed E-state index contributed by atoms with van der Waals surface area (Å²) in [7, 11) is 0. The van der Waals surface area contributed by atoms with Crippen LogP contribution in [0.5, 0.6) is 0 Å². The minimum absolute atomic E-state index is 0.0631. The zero-order chi connectivity index (χ0) is 13.0. The minimum atomic E-state index is -0.295. The summed E-state index contributed by atoms with van der Waals surface area (Å²) in [5, 5.41) is 11.8. The van der Waals surface area contributed by atoms with Crippen LogP contribution in [0.15, 0.2) is 35.5 Å². The Morgan fingerprint density at radius 1 is 1.33 bits per heavy atom. The highest BCUT2D eigenvalue weighted by molar-refractivity contribution is 5.98. The van der Waals surface area contributed by atoms with E-state index in [9.17, 15) is 4.79 Å². The molecule has 1 aliphatic rings. The number of benzene rings is 1. The van der Waals surface area contributed by atoms with Crippen molar-refractivity contribution in [3.8, 4) is 0 Å². The van der Waals surface area contributed by atoms with Crippen molar-refractivity contribution in [2.45, 2.75) is 25.3 Å². The molecule has 0 radical (unpaired) electrons. The normalized spacial score (nSPS) is 20.8. The summed E-state index contributed by atoms with van der Waals surface area (Å²) < 4.78 is 0. The Kier molecular flexibility index (Phi) is 3.82. The maximum atomic E-state index is 12.4. The molecule has 1 aromatic rings. The van der Waals surface area contributed by atoms with Gasteiger partial charge in [0.25, 0.3) is 5.91 Å². The topological polar surface area (TPSA) is 78.9 Å². The van der Waals surface area contributed by atoms with Gasteiger partial charge >= 0.3 is 0 Å². The molecule has 1 heterocycles. The van der Waals surface area contributed by atoms with Gasteiger partial charge in [0.1, 0.15) is 0 Å². The first-order valence-electron chi connectivity index (χ1n) is 6.07. The van der Waals surface area contributed by atoms with E-state index in [1.54, 1.807) is 17.0 Å². The lowest BCUT2D eigenvalue weighted by atomic mass is 10.00. The second-order valence-electron chi connectivity index (χ2n) is 4.40. The third-order valence-corrected chi connectivity index (χ3v) is 3.24. The van der Waals surface area contributed by atoms with Crippen molar-refractivity contribution in [3.63, 3.8) is 0 Å². The van der Waals surface area contributed by atoms with Crippen molar-refractivity contribution < 1.29 is 10.0 Å². The molecular formula is C13H17N3O2. The molecule has 1 aromatic carbocycles. The highest BCUT2D eigenvalue weighted by atomic mass is 16.4. The molecule has 18 heavy (non-hydrogen) atoms. The second kappa shape index (κ2) is 5.53. The summed E-state index contributed by atoms with van der Waals surface area (Å²) >= 11 is 0. The first kappa shape index (κ1) is 12.4. The van der Waals surface area contributed by atoms with E-state index >= 15 is 0 Å². The van der Waals surface area contributed by atoms with Crippen molar-refractivity contribution in [2.24, 2.45) is 10.9 Å². The average Bonchev–Trinajstić information content (AvgIpc) is 2.46. The number of hydrogen-bond acceptors (Lipinski definition) is 3. The van der Waals surface area contributed by atoms with Gasteiger partial charge in [0.2, 0.25) is 0 Å². The van der Waals surface area contributed by atoms with E-state index in [1.807, 2.05) is 18.2 Å². The minimum Gasteiger partial charge on any atom is -0.409 e. The average molecular weight is 247 g/mol. The second-order valence-corrected chi connectivity index (χ2v) is 4.40. The Morgan fingerprint density at radius 2 is 2.06 bits per heavy atom. The van der Waals surface area contributed by atoms with Crippen molar-refractivity contribution in [1.29, 1.82) is 0 Å². The van der Waals surface area contributed by atoms with Gasteiger partial charge in [-0.05, 0) is 31.4 Å². The van der Waals surface area contributed by atoms with Crippen LogP contribution >= 0.6 is 0 Å². The Labute approximate surface area is 106 Å². The first-order valence-corrected chi connectivity index (χ1v) is 6.07. The predicted molar refractivity (Wildman–Crippen MR) is 68.5 cm³/mol. The molecule has 0 bridgehead atoms. The fourth-order valence-electron chi connectivity index (χ4n) is 2.30. The van der Waals surface area contributed by atoms with Gasteiger partial charge in [0, 0.05) is 12.1 Å². The molecule has 5 heteroatoms. The molecule has 1 amide bonds. The lowest BCUT2D eigenvalue weighted by molar-refractivity contribution is 0.0676. The van der Waals surface area contributed by atoms with Gasteiger partial charge in [0.05, 0.1) is 6.04 Å². The van der Waals surface area contributed by atoms with Crippen LogP contribution in [-0.4, -0.2) is 34.4 Å². The predicted octanol–water partition coefficient (Wildman–Crippen LogP) is 1.43. The van der Waals surface area contributed by atoms with Gasteiger partial charge in [-0.15, -0.1) is 0 Å². The Hall–Kier alpha value is -2.04. The molecule has 1 fully saturated rings. The fraction of sp³-hybridized carbons (Fsp3) is 0.385. The molecule has 0 saturated carbocycles. The monoisotopic (exact) mass is 247 g/mol. The number of hydrogen-bond donors (Lipinski definition) is 2. The summed E-state index contributed by atoms with van der Waals surface area (Å²) in [5.41, 5.74) is 6.29. The van der Waals surface area contributed by atoms with Crippen LogP contribution in [0.4, 0.5) is 0 Å². The maximum Gasteiger partial charge on any atom is 0.254 e. The molecule has 0 aromatic heterocycles. The van der Waals surface area contributed by atoms with E-state index in [-0.39, 0.29) is 17.8 Å². The number of carbonyl (C=O) groups is 1. The van der Waals surface area contributed by atoms with Crippen LogP contribution in [0.1, 0.15) is 29.6 Å². The smallest absolute Gasteiger partial charge is 0.254 e. The quantitative estimate of drug-likeness (QED) is 0.359. The molecule has 3 N–H and O–H groups in total. The number of amidine groups is 1. The zero-order valence-corrected chi connectivity index (χ0v) is 10.1. The summed E-state index contributed by atoms with van der Waals surface area (Å²) in [5.74, 6) is 0.0471. The SMILES string of the molecule is NC(=NO)C1CCCCN1C(=O)c1ccccc1. The molecule has 0 spiro atoms. The van der Waals surface area contributed by atoms with E-state index in [0.717, 1.165) is 19.3 Å². The van der Waals surface area contributed by atoms with E-state index in [1.165, 1.54) is 0 Å². The van der Waals surface area contributed by atoms with Crippen LogP contribution in [0.25, 0.3) is 0 Å². The van der Waals surface area contributed by atoms with Gasteiger partial charge in [-0.3, -0.25) is 4.79 Å². The number of amides is 1. The number of oxime groups is 1. The van der Waals surface area contributed by atoms with Crippen LogP contribution < -0.4 is 5.73 Å². The summed E-state index contributed by atoms with van der Waals surface area (Å²) in [6.07, 6.45) is 2.68. The van der Waals surface area contributed by atoms with Crippen molar-refractivity contribution in [2.75, 3.05) is 6.54 Å². The van der Waals surface area contributed by atoms with Crippen LogP contribution in [0.2, 0.25) is 0 Å². The highest BCUT2D eigenvalue weighted by Crippen LogP contribution is 2.19. The Bertz CT molecular complexity index is 445. The Morgan fingerprint density at radius 3 is 2.72 bits per heavy atom. The third-order valence-electron chi connectivity index (χ3n) is 3.24. The number of nitrogens with two attached hydrogens (primary N) is 1. The van der Waals surface area contributed by atoms with Gasteiger partial charge in [-0.1, -0.05) is 23.4 Å². The van der Waals surface area contributed by atoms with E-state index < -0.39 is 0 Å². The van der Waals surface area contributed by atoms with Crippen molar-refractivity contribution in [3.05, 3.63) is 35.9 Å². The molecule has 96 valence electrons. The summed E-state index contributed by atoms with van der Waals surface area (Å²) in [6, 6.07) is 8.79. The molecule has 1 atom stereocenters. The van der Waals surface area contributed by atoms with Crippen LogP contribution in [0, 0.1) is 0 Å². The van der Waals surface area contributed by atoms with E-state index in [4.69, 9.17) is 10.9 Å². The zero-order valence-electron chi connectivity index (χ0n) is 10.1. The molecule has 2 rings (SSSR count). The van der Waals surface area contributed by atoms with Gasteiger partial charge in [-0.25, -0.2) is 0 Å². The van der Waals surface area contributed by atoms with Crippen molar-refractivity contribution >= 4 is 11.7 Å². The van der Waals surface area contributed by atoms with Gasteiger partial charge in [0.15, 0.2) is 5.84 Å². The van der Waals surface area contributed by atoms with E-state index in [0.29, 0.717) is 12.1 Å². The fourth-order valence-corrected chi connectivity index (χ4v) is 2.30. The molecule has 1 unspecified atom stereocenters. The van der Waals surface area contributed by atoms with Crippen LogP contribution in [-0.2, 0) is 0 Å². The number of carbonyl (C=O) groups excluding carboxylic acids is 1. The lowest BCUT2D eigenvalue weighted by Gasteiger charge is -2.34. The molecule has 1 aliphatic heterocycles. The lowest BCUT2D eigenvalue weighted by Crippen LogP contribution is -2.50. The first-order chi connectivity index (χ1) is 8.74. The molecule has 0 aliphatic carbocycles. The van der Waals surface area contributed by atoms with E-state index in [2.05, 4.69) is 5.16 Å². The van der Waals surface area contributed by atoms with Gasteiger partial charge < -0.3 is 15.8 Å². The summed E-state index contributed by atoms with van der Waals surface area (Å²) in [4.78, 5) is 14.1. The number of rotatable bonds is 2. The third kappa shape index (κ3) is 2.45. The molecule has 5 nitrogen and oxygen atoms in total. The molecule has 1 saturated heterocycles. The Balaban J connectivity index is 2.22. The summed E-state index contributed by atoms with van der Waals surface area (Å²) in [6.45, 7) is 0.647. The van der Waals surface area contributed by atoms with Crippen molar-refractivity contribution in [1.82, 2.24) is 4.90 Å². The molecular weight excluding hydrogens is 230 g/mol. The number of nitrogens with zero attached hydrogens (tertiary/aromatic N) is 2. The highest BCUT2D eigenvalue weighted by Gasteiger charge is 2.30.